The number of benzene rings is 2. The van der Waals surface area contributed by atoms with Crippen molar-refractivity contribution in [3.63, 3.8) is 0 Å². The second-order valence-electron chi connectivity index (χ2n) is 7.49. The first-order valence-electron chi connectivity index (χ1n) is 11.2. The fourth-order valence-corrected chi connectivity index (χ4v) is 4.70. The molecule has 0 saturated heterocycles. The second-order valence-corrected chi connectivity index (χ2v) is 8.76. The molecule has 0 aromatic heterocycles. The van der Waals surface area contributed by atoms with Gasteiger partial charge in [-0.15, -0.1) is 11.3 Å². The number of isothiocyanates is 1. The number of nitrogens with zero attached hydrogens (tertiary/aromatic N) is 3. The molecular weight excluding hydrogens is 438 g/mol. The van der Waals surface area contributed by atoms with E-state index in [2.05, 4.69) is 69.6 Å². The van der Waals surface area contributed by atoms with Crippen molar-refractivity contribution in [1.29, 1.82) is 0 Å². The Balaban J connectivity index is 1.63. The van der Waals surface area contributed by atoms with Crippen LogP contribution in [0.5, 0.6) is 0 Å². The number of hydrogen-bond donors (Lipinski definition) is 2. The maximum absolute atomic E-state index is 12.2. The lowest BCUT2D eigenvalue weighted by molar-refractivity contribution is 0.252. The van der Waals surface area contributed by atoms with Crippen molar-refractivity contribution < 1.29 is 4.79 Å². The first-order chi connectivity index (χ1) is 15.6. The van der Waals surface area contributed by atoms with Crippen molar-refractivity contribution in [3.8, 4) is 10.6 Å². The van der Waals surface area contributed by atoms with Gasteiger partial charge in [-0.3, -0.25) is 0 Å². The molecule has 1 heterocycles. The fourth-order valence-electron chi connectivity index (χ4n) is 3.57. The number of thiocarbonyl (C=S) groups is 1. The van der Waals surface area contributed by atoms with Crippen molar-refractivity contribution in [2.75, 3.05) is 31.5 Å². The first kappa shape index (κ1) is 24.0. The van der Waals surface area contributed by atoms with Gasteiger partial charge in [0, 0.05) is 30.9 Å². The number of anilines is 1. The number of carbonyl (C=O) groups is 1. The molecule has 3 rings (SSSR count). The predicted octanol–water partition coefficient (Wildman–Crippen LogP) is 5.00. The lowest BCUT2D eigenvalue weighted by Crippen LogP contribution is -2.29. The third-order valence-electron chi connectivity index (χ3n) is 5.30. The van der Waals surface area contributed by atoms with Gasteiger partial charge in [0.15, 0.2) is 0 Å². The van der Waals surface area contributed by atoms with E-state index < -0.39 is 0 Å². The number of rotatable bonds is 10. The highest BCUT2D eigenvalue weighted by atomic mass is 32.1. The Kier molecular flexibility index (Phi) is 9.28. The summed E-state index contributed by atoms with van der Waals surface area (Å²) in [6, 6.07) is 12.1. The lowest BCUT2D eigenvalue weighted by atomic mass is 10.2. The van der Waals surface area contributed by atoms with E-state index in [4.69, 9.17) is 4.98 Å². The molecule has 6 nitrogen and oxygen atoms in total. The SMILES string of the molecule is CC[N+](CC)=c1ccc2nc3ccc(NC(=O)NCCCCCCN=C=S)cc3sc-2c1. The Hall–Kier alpha value is -2.67. The van der Waals surface area contributed by atoms with Crippen LogP contribution in [0.3, 0.4) is 0 Å². The summed E-state index contributed by atoms with van der Waals surface area (Å²) in [6.07, 6.45) is 4.08. The van der Waals surface area contributed by atoms with Gasteiger partial charge in [0.1, 0.15) is 13.1 Å². The van der Waals surface area contributed by atoms with Crippen molar-refractivity contribution >= 4 is 50.7 Å². The summed E-state index contributed by atoms with van der Waals surface area (Å²) in [5.74, 6) is 0. The quantitative estimate of drug-likeness (QED) is 0.145. The van der Waals surface area contributed by atoms with Gasteiger partial charge >= 0.3 is 6.03 Å². The van der Waals surface area contributed by atoms with Crippen LogP contribution < -0.4 is 20.6 Å². The summed E-state index contributed by atoms with van der Waals surface area (Å²) in [6.45, 7) is 7.66. The van der Waals surface area contributed by atoms with Crippen LogP contribution >= 0.6 is 23.6 Å². The molecule has 2 amide bonds. The monoisotopic (exact) mass is 468 g/mol. The summed E-state index contributed by atoms with van der Waals surface area (Å²) in [5.41, 5.74) is 2.69. The smallest absolute Gasteiger partial charge is 0.319 e. The molecule has 8 heteroatoms. The standard InChI is InChI=1S/C24H29N5OS2/c1-3-29(4-2)19-10-12-21-23(16-19)32-22-15-18(9-11-20(22)28-21)27-24(30)26-14-8-6-5-7-13-25-17-31/h9-12,15-16H,3-8,13-14H2,1-2H3,(H,26,30)/p+1. The molecule has 2 aliphatic rings. The maximum atomic E-state index is 12.2. The van der Waals surface area contributed by atoms with Crippen molar-refractivity contribution in [2.24, 2.45) is 4.99 Å². The summed E-state index contributed by atoms with van der Waals surface area (Å²) >= 11 is 6.25. The molecule has 2 N–H and O–H groups in total. The van der Waals surface area contributed by atoms with E-state index in [0.29, 0.717) is 6.54 Å². The lowest BCUT2D eigenvalue weighted by Gasteiger charge is -2.10. The van der Waals surface area contributed by atoms with Crippen LogP contribution in [0.15, 0.2) is 41.4 Å². The number of carbonyl (C=O) groups excluding carboxylic acids is 1. The molecule has 0 fully saturated rings. The summed E-state index contributed by atoms with van der Waals surface area (Å²) in [4.78, 5) is 22.1. The second kappa shape index (κ2) is 12.4. The molecule has 1 aromatic rings. The number of aliphatic imine (C=N–C) groups is 1. The normalized spacial score (nSPS) is 10.7. The van der Waals surface area contributed by atoms with Gasteiger partial charge < -0.3 is 10.6 Å². The summed E-state index contributed by atoms with van der Waals surface area (Å²) < 4.78 is 3.37. The average molecular weight is 469 g/mol. The number of amides is 2. The van der Waals surface area contributed by atoms with E-state index in [1.54, 1.807) is 11.3 Å². The third-order valence-corrected chi connectivity index (χ3v) is 6.52. The molecule has 32 heavy (non-hydrogen) atoms. The Morgan fingerprint density at radius 2 is 1.94 bits per heavy atom. The van der Waals surface area contributed by atoms with E-state index in [1.165, 1.54) is 5.36 Å². The highest BCUT2D eigenvalue weighted by Gasteiger charge is 2.11. The van der Waals surface area contributed by atoms with Gasteiger partial charge in [-0.25, -0.2) is 19.3 Å². The molecule has 1 aliphatic carbocycles. The zero-order valence-corrected chi connectivity index (χ0v) is 20.3. The number of aromatic nitrogens is 1. The van der Waals surface area contributed by atoms with Gasteiger partial charge in [0.2, 0.25) is 5.36 Å². The Labute approximate surface area is 198 Å². The van der Waals surface area contributed by atoms with E-state index in [-0.39, 0.29) is 6.03 Å². The number of unbranched alkanes of at least 4 members (excludes halogenated alkanes) is 3. The topological polar surface area (TPSA) is 69.4 Å². The van der Waals surface area contributed by atoms with Crippen molar-refractivity contribution in [3.05, 3.63) is 41.8 Å². The number of nitrogens with one attached hydrogen (secondary N) is 2. The van der Waals surface area contributed by atoms with Crippen LogP contribution in [0.1, 0.15) is 39.5 Å². The number of hydrogen-bond acceptors (Lipinski definition) is 5. The van der Waals surface area contributed by atoms with Gasteiger partial charge in [-0.1, -0.05) is 12.8 Å². The maximum Gasteiger partial charge on any atom is 0.319 e. The minimum atomic E-state index is -0.183. The molecular formula is C24H30N5OS2+. The molecule has 0 bridgehead atoms. The van der Waals surface area contributed by atoms with E-state index >= 15 is 0 Å². The Bertz CT molecular complexity index is 1140. The van der Waals surface area contributed by atoms with E-state index in [1.807, 2.05) is 18.2 Å². The van der Waals surface area contributed by atoms with Gasteiger partial charge in [0.25, 0.3) is 0 Å². The van der Waals surface area contributed by atoms with Crippen molar-refractivity contribution in [1.82, 2.24) is 14.9 Å². The average Bonchev–Trinajstić information content (AvgIpc) is 2.80. The summed E-state index contributed by atoms with van der Waals surface area (Å²) in [7, 11) is 0. The van der Waals surface area contributed by atoms with Crippen LogP contribution in [0, 0.1) is 0 Å². The Morgan fingerprint density at radius 3 is 2.72 bits per heavy atom. The van der Waals surface area contributed by atoms with Crippen molar-refractivity contribution in [2.45, 2.75) is 39.5 Å². The minimum Gasteiger partial charge on any atom is -0.338 e. The zero-order valence-electron chi connectivity index (χ0n) is 18.7. The molecule has 0 radical (unpaired) electrons. The third kappa shape index (κ3) is 6.66. The van der Waals surface area contributed by atoms with E-state index in [9.17, 15) is 4.79 Å². The highest BCUT2D eigenvalue weighted by molar-refractivity contribution is 7.78. The van der Waals surface area contributed by atoms with Crippen LogP contribution in [0.2, 0.25) is 0 Å². The van der Waals surface area contributed by atoms with Crippen LogP contribution in [0.25, 0.3) is 20.8 Å². The van der Waals surface area contributed by atoms with E-state index in [0.717, 1.165) is 71.8 Å². The molecule has 1 aromatic carbocycles. The first-order valence-corrected chi connectivity index (χ1v) is 12.4. The van der Waals surface area contributed by atoms with Crippen LogP contribution in [-0.4, -0.2) is 42.4 Å². The van der Waals surface area contributed by atoms with Gasteiger partial charge in [0.05, 0.1) is 25.9 Å². The minimum absolute atomic E-state index is 0.183. The molecule has 0 spiro atoms. The molecule has 0 saturated carbocycles. The largest absolute Gasteiger partial charge is 0.338 e. The molecule has 1 aliphatic heterocycles. The molecule has 0 unspecified atom stereocenters. The number of fused-ring (bicyclic) bond motifs is 2. The number of urea groups is 1. The highest BCUT2D eigenvalue weighted by Crippen LogP contribution is 2.30. The Morgan fingerprint density at radius 1 is 1.12 bits per heavy atom. The fraction of sp³-hybridized carbons (Fsp3) is 0.417. The van der Waals surface area contributed by atoms with Crippen LogP contribution in [0.4, 0.5) is 10.5 Å². The summed E-state index contributed by atoms with van der Waals surface area (Å²) in [5, 5.41) is 9.44. The zero-order chi connectivity index (χ0) is 22.8. The molecule has 168 valence electrons. The van der Waals surface area contributed by atoms with Gasteiger partial charge in [-0.2, -0.15) is 0 Å². The van der Waals surface area contributed by atoms with Crippen LogP contribution in [-0.2, 0) is 0 Å². The predicted molar refractivity (Wildman–Crippen MR) is 138 cm³/mol. The van der Waals surface area contributed by atoms with Gasteiger partial charge in [-0.05, 0) is 63.2 Å². The molecule has 0 atom stereocenters.